The van der Waals surface area contributed by atoms with E-state index in [2.05, 4.69) is 15.0 Å². The van der Waals surface area contributed by atoms with Crippen LogP contribution in [0.2, 0.25) is 0 Å². The Bertz CT molecular complexity index is 763. The molecule has 1 aromatic heterocycles. The quantitative estimate of drug-likeness (QED) is 0.894. The highest BCUT2D eigenvalue weighted by Gasteiger charge is 2.30. The Morgan fingerprint density at radius 3 is 2.59 bits per heavy atom. The predicted octanol–water partition coefficient (Wildman–Crippen LogP) is 2.74. The number of hydrogen-bond donors (Lipinski definition) is 2. The summed E-state index contributed by atoms with van der Waals surface area (Å²) in [5.74, 6) is -0.655. The maximum absolute atomic E-state index is 12.1. The number of nitrogens with one attached hydrogen (secondary N) is 2. The number of aromatic nitrogens is 1. The number of nitrogens with zero attached hydrogens (tertiary/aromatic N) is 1. The molecule has 0 spiro atoms. The third-order valence-corrected chi connectivity index (χ3v) is 5.60. The van der Waals surface area contributed by atoms with Gasteiger partial charge in [0.15, 0.2) is 5.13 Å². The second-order valence-electron chi connectivity index (χ2n) is 5.59. The van der Waals surface area contributed by atoms with E-state index in [9.17, 15) is 13.2 Å². The Kier molecular flexibility index (Phi) is 4.52. The van der Waals surface area contributed by atoms with Gasteiger partial charge in [0.05, 0.1) is 4.75 Å². The third kappa shape index (κ3) is 3.83. The summed E-state index contributed by atoms with van der Waals surface area (Å²) in [7, 11) is -3.74. The lowest BCUT2D eigenvalue weighted by molar-refractivity contribution is 0.0980. The summed E-state index contributed by atoms with van der Waals surface area (Å²) >= 11 is 1.43. The Morgan fingerprint density at radius 2 is 2.00 bits per heavy atom. The van der Waals surface area contributed by atoms with Crippen molar-refractivity contribution >= 4 is 38.1 Å². The molecule has 0 fully saturated rings. The predicted molar refractivity (Wildman–Crippen MR) is 88.0 cm³/mol. The van der Waals surface area contributed by atoms with E-state index in [0.717, 1.165) is 0 Å². The lowest BCUT2D eigenvalue weighted by Crippen LogP contribution is -2.42. The lowest BCUT2D eigenvalue weighted by Gasteiger charge is -2.19. The Balaban J connectivity index is 2.17. The maximum atomic E-state index is 12.1. The minimum Gasteiger partial charge on any atom is -0.332 e. The number of carbonyl (C=O) groups excluding carboxylic acids is 1. The molecular formula is C14H17N3O3S2. The highest BCUT2D eigenvalue weighted by atomic mass is 32.2. The third-order valence-electron chi connectivity index (χ3n) is 2.84. The van der Waals surface area contributed by atoms with Crippen LogP contribution >= 0.6 is 11.3 Å². The second kappa shape index (κ2) is 6.05. The highest BCUT2D eigenvalue weighted by Crippen LogP contribution is 2.20. The first kappa shape index (κ1) is 16.4. The average molecular weight is 339 g/mol. The van der Waals surface area contributed by atoms with E-state index in [1.807, 2.05) is 5.38 Å². The summed E-state index contributed by atoms with van der Waals surface area (Å²) in [5, 5.41) is 5.57. The van der Waals surface area contributed by atoms with Crippen LogP contribution in [-0.2, 0) is 10.0 Å². The van der Waals surface area contributed by atoms with Gasteiger partial charge in [-0.3, -0.25) is 4.79 Å². The number of anilines is 2. The van der Waals surface area contributed by atoms with E-state index in [1.165, 1.54) is 32.1 Å². The molecule has 8 heteroatoms. The van der Waals surface area contributed by atoms with Crippen LogP contribution in [0.4, 0.5) is 10.8 Å². The molecule has 6 nitrogen and oxygen atoms in total. The topological polar surface area (TPSA) is 88.2 Å². The molecule has 0 bridgehead atoms. The van der Waals surface area contributed by atoms with Crippen LogP contribution in [0.15, 0.2) is 35.8 Å². The van der Waals surface area contributed by atoms with Gasteiger partial charge in [-0.2, -0.15) is 0 Å². The monoisotopic (exact) mass is 339 g/mol. The molecular weight excluding hydrogens is 322 g/mol. The van der Waals surface area contributed by atoms with Crippen molar-refractivity contribution in [1.82, 2.24) is 9.71 Å². The van der Waals surface area contributed by atoms with Gasteiger partial charge in [-0.1, -0.05) is 6.07 Å². The maximum Gasteiger partial charge on any atom is 0.264 e. The fourth-order valence-corrected chi connectivity index (χ4v) is 2.70. The number of carbonyl (C=O) groups is 1. The number of hydrogen-bond acceptors (Lipinski definition) is 6. The minimum atomic E-state index is -3.74. The Hall–Kier alpha value is -1.93. The Labute approximate surface area is 133 Å². The molecule has 2 aromatic rings. The lowest BCUT2D eigenvalue weighted by atomic mass is 10.2. The summed E-state index contributed by atoms with van der Waals surface area (Å²) in [5.41, 5.74) is 0.921. The largest absolute Gasteiger partial charge is 0.332 e. The Morgan fingerprint density at radius 1 is 1.27 bits per heavy atom. The van der Waals surface area contributed by atoms with Crippen molar-refractivity contribution in [2.45, 2.75) is 25.5 Å². The summed E-state index contributed by atoms with van der Waals surface area (Å²) < 4.78 is 25.1. The summed E-state index contributed by atoms with van der Waals surface area (Å²) in [6, 6.07) is 6.58. The number of amides is 1. The zero-order valence-electron chi connectivity index (χ0n) is 12.5. The average Bonchev–Trinajstić information content (AvgIpc) is 2.90. The molecule has 1 amide bonds. The van der Waals surface area contributed by atoms with E-state index >= 15 is 0 Å². The van der Waals surface area contributed by atoms with Crippen LogP contribution in [0, 0.1) is 0 Å². The zero-order valence-corrected chi connectivity index (χ0v) is 14.1. The summed E-state index contributed by atoms with van der Waals surface area (Å²) in [6.07, 6.45) is 1.67. The van der Waals surface area contributed by atoms with Gasteiger partial charge in [0.25, 0.3) is 5.91 Å². The van der Waals surface area contributed by atoms with Crippen molar-refractivity contribution in [3.05, 3.63) is 41.4 Å². The van der Waals surface area contributed by atoms with Crippen LogP contribution in [0.3, 0.4) is 0 Å². The zero-order chi connectivity index (χ0) is 16.4. The van der Waals surface area contributed by atoms with Gasteiger partial charge in [-0.05, 0) is 39.0 Å². The first-order valence-electron chi connectivity index (χ1n) is 6.52. The fourth-order valence-electron chi connectivity index (χ4n) is 1.48. The summed E-state index contributed by atoms with van der Waals surface area (Å²) in [4.78, 5) is 16.2. The van der Waals surface area contributed by atoms with Crippen molar-refractivity contribution in [3.63, 3.8) is 0 Å². The van der Waals surface area contributed by atoms with Gasteiger partial charge < -0.3 is 5.32 Å². The molecule has 1 heterocycles. The van der Waals surface area contributed by atoms with Gasteiger partial charge >= 0.3 is 0 Å². The molecule has 0 saturated heterocycles. The van der Waals surface area contributed by atoms with Crippen LogP contribution in [0.5, 0.6) is 0 Å². The van der Waals surface area contributed by atoms with E-state index in [1.54, 1.807) is 30.5 Å². The molecule has 0 atom stereocenters. The van der Waals surface area contributed by atoms with Gasteiger partial charge in [0.1, 0.15) is 0 Å². The van der Waals surface area contributed by atoms with Gasteiger partial charge in [-0.25, -0.2) is 18.1 Å². The number of rotatable bonds is 4. The molecule has 0 aliphatic carbocycles. The number of benzene rings is 1. The van der Waals surface area contributed by atoms with Crippen LogP contribution in [0.25, 0.3) is 0 Å². The van der Waals surface area contributed by atoms with Crippen molar-refractivity contribution in [2.75, 3.05) is 5.32 Å². The van der Waals surface area contributed by atoms with Gasteiger partial charge in [-0.15, -0.1) is 11.3 Å². The first-order valence-corrected chi connectivity index (χ1v) is 8.88. The number of sulfonamides is 1. The molecule has 2 rings (SSSR count). The van der Waals surface area contributed by atoms with E-state index in [0.29, 0.717) is 10.8 Å². The molecule has 0 radical (unpaired) electrons. The minimum absolute atomic E-state index is 0.259. The fraction of sp³-hybridized carbons (Fsp3) is 0.286. The molecule has 0 unspecified atom stereocenters. The molecule has 1 aromatic carbocycles. The molecule has 0 saturated carbocycles. The molecule has 22 heavy (non-hydrogen) atoms. The molecule has 0 aliphatic heterocycles. The smallest absolute Gasteiger partial charge is 0.264 e. The van der Waals surface area contributed by atoms with E-state index in [-0.39, 0.29) is 5.56 Å². The van der Waals surface area contributed by atoms with E-state index in [4.69, 9.17) is 0 Å². The van der Waals surface area contributed by atoms with Gasteiger partial charge in [0, 0.05) is 22.8 Å². The first-order chi connectivity index (χ1) is 10.2. The summed E-state index contributed by atoms with van der Waals surface area (Å²) in [6.45, 7) is 4.59. The molecule has 118 valence electrons. The van der Waals surface area contributed by atoms with Crippen molar-refractivity contribution in [3.8, 4) is 0 Å². The van der Waals surface area contributed by atoms with Gasteiger partial charge in [0.2, 0.25) is 10.0 Å². The SMILES string of the molecule is CC(C)(C)S(=O)(=O)NC(=O)c1cccc(Nc2nccs2)c1. The number of thiazole rings is 1. The normalized spacial score (nSPS) is 12.0. The second-order valence-corrected chi connectivity index (χ2v) is 8.92. The standard InChI is InChI=1S/C14H17N3O3S2/c1-14(2,3)22(19,20)17-12(18)10-5-4-6-11(9-10)16-13-15-7-8-21-13/h4-9H,1-3H3,(H,15,16)(H,17,18). The van der Waals surface area contributed by atoms with Crippen LogP contribution in [-0.4, -0.2) is 24.1 Å². The van der Waals surface area contributed by atoms with E-state index < -0.39 is 20.7 Å². The molecule has 0 aliphatic rings. The van der Waals surface area contributed by atoms with Crippen molar-refractivity contribution < 1.29 is 13.2 Å². The highest BCUT2D eigenvalue weighted by molar-refractivity contribution is 7.91. The van der Waals surface area contributed by atoms with Crippen LogP contribution in [0.1, 0.15) is 31.1 Å². The molecule has 2 N–H and O–H groups in total. The van der Waals surface area contributed by atoms with Crippen molar-refractivity contribution in [2.24, 2.45) is 0 Å². The van der Waals surface area contributed by atoms with Crippen molar-refractivity contribution in [1.29, 1.82) is 0 Å². The van der Waals surface area contributed by atoms with Crippen LogP contribution < -0.4 is 10.0 Å².